The highest BCUT2D eigenvalue weighted by Crippen LogP contribution is 2.21. The minimum absolute atomic E-state index is 0.201. The van der Waals surface area contributed by atoms with Crippen molar-refractivity contribution in [1.29, 1.82) is 0 Å². The van der Waals surface area contributed by atoms with Crippen LogP contribution in [0.4, 0.5) is 0 Å². The van der Waals surface area contributed by atoms with Crippen LogP contribution >= 0.6 is 11.3 Å². The minimum Gasteiger partial charge on any atom is -0.292 e. The Balaban J connectivity index is 1.74. The zero-order valence-electron chi connectivity index (χ0n) is 13.4. The molecule has 2 aromatic heterocycles. The van der Waals surface area contributed by atoms with E-state index in [1.54, 1.807) is 0 Å². The van der Waals surface area contributed by atoms with Gasteiger partial charge in [0.1, 0.15) is 0 Å². The SMILES string of the molecule is Cc1ccc(CN2Cc3ccnn3CC(CNS(C)(=O)=O)C2)s1. The zero-order chi connectivity index (χ0) is 16.4. The molecule has 0 saturated carbocycles. The third kappa shape index (κ3) is 4.63. The molecule has 6 nitrogen and oxygen atoms in total. The van der Waals surface area contributed by atoms with Gasteiger partial charge in [-0.15, -0.1) is 11.3 Å². The number of hydrogen-bond acceptors (Lipinski definition) is 5. The van der Waals surface area contributed by atoms with E-state index in [1.807, 2.05) is 28.3 Å². The van der Waals surface area contributed by atoms with Crippen LogP contribution in [0.15, 0.2) is 24.4 Å². The van der Waals surface area contributed by atoms with Crippen LogP contribution in [0.2, 0.25) is 0 Å². The van der Waals surface area contributed by atoms with Gasteiger partial charge in [-0.25, -0.2) is 13.1 Å². The Morgan fingerprint density at radius 2 is 2.17 bits per heavy atom. The lowest BCUT2D eigenvalue weighted by molar-refractivity contribution is 0.223. The molecule has 1 aliphatic rings. The number of aryl methyl sites for hydroxylation is 1. The van der Waals surface area contributed by atoms with Gasteiger partial charge >= 0.3 is 0 Å². The van der Waals surface area contributed by atoms with Crippen LogP contribution in [0, 0.1) is 12.8 Å². The number of rotatable bonds is 5. The molecule has 1 atom stereocenters. The van der Waals surface area contributed by atoms with Crippen molar-refractivity contribution >= 4 is 21.4 Å². The highest BCUT2D eigenvalue weighted by Gasteiger charge is 2.23. The van der Waals surface area contributed by atoms with Gasteiger partial charge in [0.25, 0.3) is 0 Å². The molecule has 1 aliphatic heterocycles. The van der Waals surface area contributed by atoms with Gasteiger partial charge in [0.05, 0.1) is 11.9 Å². The van der Waals surface area contributed by atoms with Crippen molar-refractivity contribution in [2.75, 3.05) is 19.3 Å². The van der Waals surface area contributed by atoms with Gasteiger partial charge in [0, 0.05) is 54.6 Å². The van der Waals surface area contributed by atoms with E-state index in [1.165, 1.54) is 21.7 Å². The number of thiophene rings is 1. The maximum Gasteiger partial charge on any atom is 0.208 e. The molecule has 2 aromatic rings. The smallest absolute Gasteiger partial charge is 0.208 e. The Bertz CT molecular complexity index is 766. The molecule has 1 unspecified atom stereocenters. The van der Waals surface area contributed by atoms with E-state index in [4.69, 9.17) is 0 Å². The predicted octanol–water partition coefficient (Wildman–Crippen LogP) is 1.43. The number of nitrogens with one attached hydrogen (secondary N) is 1. The number of fused-ring (bicyclic) bond motifs is 1. The van der Waals surface area contributed by atoms with E-state index < -0.39 is 10.0 Å². The van der Waals surface area contributed by atoms with Crippen molar-refractivity contribution < 1.29 is 8.42 Å². The van der Waals surface area contributed by atoms with E-state index >= 15 is 0 Å². The summed E-state index contributed by atoms with van der Waals surface area (Å²) in [6.45, 7) is 5.88. The molecule has 1 N–H and O–H groups in total. The molecule has 0 aromatic carbocycles. The second kappa shape index (κ2) is 6.72. The van der Waals surface area contributed by atoms with Crippen molar-refractivity contribution in [1.82, 2.24) is 19.4 Å². The maximum atomic E-state index is 11.4. The molecule has 3 rings (SSSR count). The zero-order valence-corrected chi connectivity index (χ0v) is 15.0. The second-order valence-electron chi connectivity index (χ2n) is 6.17. The van der Waals surface area contributed by atoms with E-state index in [0.717, 1.165) is 26.2 Å². The Morgan fingerprint density at radius 3 is 2.87 bits per heavy atom. The maximum absolute atomic E-state index is 11.4. The first-order chi connectivity index (χ1) is 10.9. The van der Waals surface area contributed by atoms with Gasteiger partial charge in [-0.1, -0.05) is 0 Å². The third-order valence-electron chi connectivity index (χ3n) is 3.95. The first-order valence-corrected chi connectivity index (χ1v) is 10.3. The molecule has 0 fully saturated rings. The molecule has 3 heterocycles. The van der Waals surface area contributed by atoms with Gasteiger partial charge in [0.2, 0.25) is 10.0 Å². The molecule has 0 amide bonds. The topological polar surface area (TPSA) is 67.2 Å². The highest BCUT2D eigenvalue weighted by atomic mass is 32.2. The van der Waals surface area contributed by atoms with Crippen molar-refractivity contribution in [2.45, 2.75) is 26.6 Å². The number of aromatic nitrogens is 2. The van der Waals surface area contributed by atoms with Gasteiger partial charge < -0.3 is 0 Å². The number of nitrogens with zero attached hydrogens (tertiary/aromatic N) is 3. The largest absolute Gasteiger partial charge is 0.292 e. The molecule has 0 radical (unpaired) electrons. The van der Waals surface area contributed by atoms with Crippen molar-refractivity contribution in [3.8, 4) is 0 Å². The normalized spacial score (nSPS) is 19.5. The van der Waals surface area contributed by atoms with E-state index in [0.29, 0.717) is 6.54 Å². The summed E-state index contributed by atoms with van der Waals surface area (Å²) in [6, 6.07) is 6.36. The Kier molecular flexibility index (Phi) is 4.86. The minimum atomic E-state index is -3.17. The first kappa shape index (κ1) is 16.6. The quantitative estimate of drug-likeness (QED) is 0.882. The van der Waals surface area contributed by atoms with Crippen LogP contribution in [0.25, 0.3) is 0 Å². The van der Waals surface area contributed by atoms with Crippen molar-refractivity contribution in [3.63, 3.8) is 0 Å². The molecule has 23 heavy (non-hydrogen) atoms. The summed E-state index contributed by atoms with van der Waals surface area (Å²) in [4.78, 5) is 5.03. The molecule has 0 spiro atoms. The van der Waals surface area contributed by atoms with Gasteiger partial charge in [-0.2, -0.15) is 5.10 Å². The van der Waals surface area contributed by atoms with Crippen LogP contribution < -0.4 is 4.72 Å². The second-order valence-corrected chi connectivity index (χ2v) is 9.38. The predicted molar refractivity (Wildman–Crippen MR) is 91.7 cm³/mol. The molecule has 126 valence electrons. The lowest BCUT2D eigenvalue weighted by Crippen LogP contribution is -2.36. The van der Waals surface area contributed by atoms with Crippen LogP contribution in [0.3, 0.4) is 0 Å². The van der Waals surface area contributed by atoms with Gasteiger partial charge in [-0.3, -0.25) is 9.58 Å². The van der Waals surface area contributed by atoms with Gasteiger partial charge in [0.15, 0.2) is 0 Å². The summed E-state index contributed by atoms with van der Waals surface area (Å²) in [5.74, 6) is 0.201. The fraction of sp³-hybridized carbons (Fsp3) is 0.533. The number of sulfonamides is 1. The standard InChI is InChI=1S/C15H22N4O2S2/c1-12-3-4-15(22-12)11-18-8-13(7-17-23(2,20)21)9-19-14(10-18)5-6-16-19/h3-6,13,17H,7-11H2,1-2H3. The van der Waals surface area contributed by atoms with Crippen molar-refractivity contribution in [3.05, 3.63) is 39.8 Å². The molecule has 0 aliphatic carbocycles. The summed E-state index contributed by atoms with van der Waals surface area (Å²) in [6.07, 6.45) is 3.02. The fourth-order valence-electron chi connectivity index (χ4n) is 2.93. The Labute approximate surface area is 141 Å². The van der Waals surface area contributed by atoms with Crippen LogP contribution in [0.1, 0.15) is 15.4 Å². The van der Waals surface area contributed by atoms with Crippen LogP contribution in [-0.4, -0.2) is 42.4 Å². The number of hydrogen-bond donors (Lipinski definition) is 1. The summed E-state index contributed by atoms with van der Waals surface area (Å²) in [7, 11) is -3.17. The Morgan fingerprint density at radius 1 is 1.35 bits per heavy atom. The third-order valence-corrected chi connectivity index (χ3v) is 5.62. The van der Waals surface area contributed by atoms with Gasteiger partial charge in [-0.05, 0) is 25.1 Å². The van der Waals surface area contributed by atoms with Crippen LogP contribution in [0.5, 0.6) is 0 Å². The fourth-order valence-corrected chi connectivity index (χ4v) is 4.40. The average molecular weight is 355 g/mol. The van der Waals surface area contributed by atoms with Crippen LogP contribution in [-0.2, 0) is 29.7 Å². The van der Waals surface area contributed by atoms with E-state index in [2.05, 4.69) is 33.8 Å². The lowest BCUT2D eigenvalue weighted by Gasteiger charge is -2.23. The first-order valence-electron chi connectivity index (χ1n) is 7.62. The molecule has 8 heteroatoms. The van der Waals surface area contributed by atoms with Crippen molar-refractivity contribution in [2.24, 2.45) is 5.92 Å². The molecule has 0 bridgehead atoms. The average Bonchev–Trinajstić information content (AvgIpc) is 3.01. The lowest BCUT2D eigenvalue weighted by atomic mass is 10.1. The summed E-state index contributed by atoms with van der Waals surface area (Å²) >= 11 is 1.81. The highest BCUT2D eigenvalue weighted by molar-refractivity contribution is 7.88. The van der Waals surface area contributed by atoms with E-state index in [-0.39, 0.29) is 5.92 Å². The molecular formula is C15H22N4O2S2. The summed E-state index contributed by atoms with van der Waals surface area (Å²) < 4.78 is 27.4. The Hall–Kier alpha value is -1.22. The summed E-state index contributed by atoms with van der Waals surface area (Å²) in [5, 5.41) is 4.37. The molecular weight excluding hydrogens is 332 g/mol. The monoisotopic (exact) mass is 354 g/mol. The molecule has 0 saturated heterocycles. The van der Waals surface area contributed by atoms with E-state index in [9.17, 15) is 8.42 Å². The summed E-state index contributed by atoms with van der Waals surface area (Å²) in [5.41, 5.74) is 1.18.